The van der Waals surface area contributed by atoms with Crippen molar-refractivity contribution in [1.82, 2.24) is 0 Å². The highest BCUT2D eigenvalue weighted by Crippen LogP contribution is 2.18. The fourth-order valence-electron chi connectivity index (χ4n) is 1.74. The Bertz CT molecular complexity index is 400. The van der Waals surface area contributed by atoms with E-state index in [1.807, 2.05) is 51.1 Å². The SMILES string of the molecule is CCO/C=C/COC.CCOCCCOC.CCOc1ccccc1COO. The fraction of sp³-hybridized carbons (Fsp3) is 0.619. The van der Waals surface area contributed by atoms with Crippen LogP contribution in [-0.2, 0) is 30.4 Å². The van der Waals surface area contributed by atoms with Crippen molar-refractivity contribution in [3.05, 3.63) is 42.2 Å². The first-order chi connectivity index (χ1) is 13.7. The fourth-order valence-corrected chi connectivity index (χ4v) is 1.74. The van der Waals surface area contributed by atoms with Crippen LogP contribution in [0.5, 0.6) is 5.75 Å². The molecule has 0 aliphatic rings. The Labute approximate surface area is 170 Å². The van der Waals surface area contributed by atoms with E-state index in [1.54, 1.807) is 20.5 Å². The molecule has 0 spiro atoms. The van der Waals surface area contributed by atoms with Crippen molar-refractivity contribution in [3.63, 3.8) is 0 Å². The number of ether oxygens (including phenoxy) is 5. The van der Waals surface area contributed by atoms with E-state index in [4.69, 9.17) is 28.9 Å². The molecule has 1 N–H and O–H groups in total. The number of benzene rings is 1. The summed E-state index contributed by atoms with van der Waals surface area (Å²) in [6.07, 6.45) is 4.47. The van der Waals surface area contributed by atoms with Crippen LogP contribution in [0.1, 0.15) is 32.8 Å². The maximum absolute atomic E-state index is 8.26. The summed E-state index contributed by atoms with van der Waals surface area (Å²) in [7, 11) is 3.35. The van der Waals surface area contributed by atoms with Gasteiger partial charge in [0.05, 0.1) is 26.1 Å². The Morgan fingerprint density at radius 2 is 1.68 bits per heavy atom. The van der Waals surface area contributed by atoms with Crippen LogP contribution < -0.4 is 4.74 Å². The average molecular weight is 403 g/mol. The molecule has 0 saturated carbocycles. The molecule has 1 aromatic rings. The van der Waals surface area contributed by atoms with Crippen molar-refractivity contribution in [3.8, 4) is 5.75 Å². The number of hydrogen-bond donors (Lipinski definition) is 1. The number of rotatable bonds is 13. The monoisotopic (exact) mass is 402 g/mol. The quantitative estimate of drug-likeness (QED) is 0.228. The van der Waals surface area contributed by atoms with Crippen molar-refractivity contribution >= 4 is 0 Å². The minimum atomic E-state index is 0.163. The van der Waals surface area contributed by atoms with Gasteiger partial charge in [-0.05, 0) is 39.3 Å². The highest BCUT2D eigenvalue weighted by atomic mass is 17.1. The summed E-state index contributed by atoms with van der Waals surface area (Å²) in [6.45, 7) is 10.4. The van der Waals surface area contributed by atoms with Crippen molar-refractivity contribution in [2.45, 2.75) is 33.8 Å². The Hall–Kier alpha value is -1.64. The summed E-state index contributed by atoms with van der Waals surface area (Å²) in [6, 6.07) is 7.45. The first-order valence-electron chi connectivity index (χ1n) is 9.50. The first kappa shape index (κ1) is 28.6. The van der Waals surface area contributed by atoms with Gasteiger partial charge < -0.3 is 23.7 Å². The van der Waals surface area contributed by atoms with Gasteiger partial charge in [0, 0.05) is 39.6 Å². The Morgan fingerprint density at radius 3 is 2.25 bits per heavy atom. The van der Waals surface area contributed by atoms with E-state index in [9.17, 15) is 0 Å². The van der Waals surface area contributed by atoms with E-state index in [2.05, 4.69) is 4.89 Å². The summed E-state index contributed by atoms with van der Waals surface area (Å²) in [5.74, 6) is 0.758. The minimum absolute atomic E-state index is 0.163. The van der Waals surface area contributed by atoms with Gasteiger partial charge in [-0.3, -0.25) is 5.26 Å². The standard InChI is InChI=1S/C9H12O3.C6H14O2.C6H12O2/c1-2-11-9-6-4-3-5-8(9)7-12-10;2*1-3-8-6-4-5-7-2/h3-6,10H,2,7H2,1H3;3-6H2,1-2H3;4,6H,3,5H2,1-2H3/b;;6-4+. The van der Waals surface area contributed by atoms with E-state index in [1.165, 1.54) is 0 Å². The molecule has 0 aromatic heterocycles. The molecule has 7 heteroatoms. The molecule has 0 bridgehead atoms. The Balaban J connectivity index is 0. The molecule has 0 radical (unpaired) electrons. The molecular formula is C21H38O7. The lowest BCUT2D eigenvalue weighted by molar-refractivity contribution is -0.253. The smallest absolute Gasteiger partial charge is 0.124 e. The van der Waals surface area contributed by atoms with E-state index in [-0.39, 0.29) is 6.61 Å². The van der Waals surface area contributed by atoms with Gasteiger partial charge in [0.15, 0.2) is 0 Å². The topological polar surface area (TPSA) is 75.6 Å². The van der Waals surface area contributed by atoms with Gasteiger partial charge in [-0.25, -0.2) is 4.89 Å². The second kappa shape index (κ2) is 25.4. The highest BCUT2D eigenvalue weighted by molar-refractivity contribution is 5.32. The lowest BCUT2D eigenvalue weighted by atomic mass is 10.2. The van der Waals surface area contributed by atoms with E-state index < -0.39 is 0 Å². The third-order valence-corrected chi connectivity index (χ3v) is 2.96. The molecular weight excluding hydrogens is 364 g/mol. The maximum Gasteiger partial charge on any atom is 0.124 e. The van der Waals surface area contributed by atoms with E-state index >= 15 is 0 Å². The summed E-state index contributed by atoms with van der Waals surface area (Å²) in [5, 5.41) is 8.26. The molecule has 0 heterocycles. The normalized spacial score (nSPS) is 9.93. The lowest BCUT2D eigenvalue weighted by Gasteiger charge is -2.07. The van der Waals surface area contributed by atoms with Crippen LogP contribution in [0.25, 0.3) is 0 Å². The van der Waals surface area contributed by atoms with Crippen LogP contribution in [-0.4, -0.2) is 59.1 Å². The van der Waals surface area contributed by atoms with E-state index in [0.29, 0.717) is 13.2 Å². The molecule has 0 fully saturated rings. The molecule has 0 aliphatic heterocycles. The van der Waals surface area contributed by atoms with Gasteiger partial charge in [0.1, 0.15) is 12.4 Å². The van der Waals surface area contributed by atoms with Crippen LogP contribution in [0.2, 0.25) is 0 Å². The van der Waals surface area contributed by atoms with Gasteiger partial charge in [-0.15, -0.1) is 0 Å². The molecule has 164 valence electrons. The van der Waals surface area contributed by atoms with Crippen LogP contribution >= 0.6 is 0 Å². The molecule has 0 amide bonds. The number of para-hydroxylation sites is 1. The molecule has 1 rings (SSSR count). The van der Waals surface area contributed by atoms with Crippen molar-refractivity contribution < 1.29 is 33.8 Å². The van der Waals surface area contributed by atoms with Crippen LogP contribution in [0, 0.1) is 0 Å². The van der Waals surface area contributed by atoms with Crippen LogP contribution in [0.4, 0.5) is 0 Å². The number of hydrogen-bond acceptors (Lipinski definition) is 7. The van der Waals surface area contributed by atoms with Gasteiger partial charge in [-0.1, -0.05) is 18.2 Å². The molecule has 0 atom stereocenters. The zero-order chi connectivity index (χ0) is 21.3. The molecule has 7 nitrogen and oxygen atoms in total. The summed E-state index contributed by atoms with van der Waals surface area (Å²) in [5.41, 5.74) is 0.849. The van der Waals surface area contributed by atoms with Crippen LogP contribution in [0.3, 0.4) is 0 Å². The molecule has 1 aromatic carbocycles. The lowest BCUT2D eigenvalue weighted by Crippen LogP contribution is -1.97. The molecule has 0 unspecified atom stereocenters. The second-order valence-electron chi connectivity index (χ2n) is 5.14. The highest BCUT2D eigenvalue weighted by Gasteiger charge is 2.00. The van der Waals surface area contributed by atoms with Gasteiger partial charge in [0.25, 0.3) is 0 Å². The zero-order valence-electron chi connectivity index (χ0n) is 18.0. The third-order valence-electron chi connectivity index (χ3n) is 2.96. The van der Waals surface area contributed by atoms with Gasteiger partial charge >= 0.3 is 0 Å². The molecule has 28 heavy (non-hydrogen) atoms. The van der Waals surface area contributed by atoms with Gasteiger partial charge in [0.2, 0.25) is 0 Å². The predicted molar refractivity (Wildman–Crippen MR) is 111 cm³/mol. The Morgan fingerprint density at radius 1 is 0.929 bits per heavy atom. The molecule has 0 saturated heterocycles. The largest absolute Gasteiger partial charge is 0.502 e. The molecule has 0 aliphatic carbocycles. The Kier molecular flexibility index (Phi) is 25.9. The van der Waals surface area contributed by atoms with Gasteiger partial charge in [-0.2, -0.15) is 0 Å². The average Bonchev–Trinajstić information content (AvgIpc) is 2.72. The van der Waals surface area contributed by atoms with E-state index in [0.717, 1.165) is 44.2 Å². The second-order valence-corrected chi connectivity index (χ2v) is 5.14. The predicted octanol–water partition coefficient (Wildman–Crippen LogP) is 4.32. The van der Waals surface area contributed by atoms with Crippen LogP contribution in [0.15, 0.2) is 36.6 Å². The summed E-state index contributed by atoms with van der Waals surface area (Å²) >= 11 is 0. The zero-order valence-corrected chi connectivity index (χ0v) is 18.0. The first-order valence-corrected chi connectivity index (χ1v) is 9.50. The summed E-state index contributed by atoms with van der Waals surface area (Å²) in [4.78, 5) is 4.03. The van der Waals surface area contributed by atoms with Crippen molar-refractivity contribution in [2.75, 3.05) is 53.9 Å². The van der Waals surface area contributed by atoms with Crippen molar-refractivity contribution in [1.29, 1.82) is 0 Å². The number of methoxy groups -OCH3 is 2. The minimum Gasteiger partial charge on any atom is -0.502 e. The third kappa shape index (κ3) is 20.7. The maximum atomic E-state index is 8.26. The van der Waals surface area contributed by atoms with Crippen molar-refractivity contribution in [2.24, 2.45) is 0 Å². The summed E-state index contributed by atoms with van der Waals surface area (Å²) < 4.78 is 24.8.